The summed E-state index contributed by atoms with van der Waals surface area (Å²) >= 11 is 0. The molecule has 1 aromatic rings. The van der Waals surface area contributed by atoms with Crippen LogP contribution in [0.15, 0.2) is 12.1 Å². The second-order valence-corrected chi connectivity index (χ2v) is 4.81. The van der Waals surface area contributed by atoms with E-state index < -0.39 is 22.1 Å². The van der Waals surface area contributed by atoms with E-state index in [4.69, 9.17) is 0 Å². The highest BCUT2D eigenvalue weighted by molar-refractivity contribution is 6.02. The van der Waals surface area contributed by atoms with Crippen molar-refractivity contribution in [2.24, 2.45) is 5.92 Å². The Labute approximate surface area is 109 Å². The van der Waals surface area contributed by atoms with Gasteiger partial charge in [-0.3, -0.25) is 14.9 Å². The van der Waals surface area contributed by atoms with Crippen molar-refractivity contribution in [3.8, 4) is 11.5 Å². The molecule has 19 heavy (non-hydrogen) atoms. The van der Waals surface area contributed by atoms with Crippen LogP contribution < -0.4 is 0 Å². The van der Waals surface area contributed by atoms with Gasteiger partial charge in [0.05, 0.1) is 16.6 Å². The molecular formula is C13H15NO5. The summed E-state index contributed by atoms with van der Waals surface area (Å²) in [5.41, 5.74) is -0.571. The van der Waals surface area contributed by atoms with Gasteiger partial charge in [0.15, 0.2) is 17.3 Å². The topological polar surface area (TPSA) is 101 Å². The number of nitro benzene ring substituents is 1. The minimum absolute atomic E-state index is 0.118. The highest BCUT2D eigenvalue weighted by atomic mass is 16.6. The number of aromatic hydroxyl groups is 2. The fourth-order valence-corrected chi connectivity index (χ4v) is 2.50. The summed E-state index contributed by atoms with van der Waals surface area (Å²) in [6, 6.07) is 1.82. The molecule has 0 aliphatic heterocycles. The second kappa shape index (κ2) is 5.26. The zero-order valence-corrected chi connectivity index (χ0v) is 10.3. The van der Waals surface area contributed by atoms with Crippen molar-refractivity contribution < 1.29 is 19.9 Å². The number of phenols is 2. The predicted molar refractivity (Wildman–Crippen MR) is 67.3 cm³/mol. The summed E-state index contributed by atoms with van der Waals surface area (Å²) in [5.74, 6) is -1.64. The zero-order valence-electron chi connectivity index (χ0n) is 10.3. The van der Waals surface area contributed by atoms with E-state index in [1.54, 1.807) is 0 Å². The Morgan fingerprint density at radius 3 is 2.32 bits per heavy atom. The largest absolute Gasteiger partial charge is 0.504 e. The number of Topliss-reactive ketones (excluding diaryl/α,β-unsaturated/α-hetero) is 1. The molecule has 1 aromatic carbocycles. The molecule has 6 nitrogen and oxygen atoms in total. The van der Waals surface area contributed by atoms with E-state index >= 15 is 0 Å². The van der Waals surface area contributed by atoms with Crippen molar-refractivity contribution in [2.45, 2.75) is 32.1 Å². The lowest BCUT2D eigenvalue weighted by molar-refractivity contribution is -0.385. The Hall–Kier alpha value is -2.11. The SMILES string of the molecule is O=C(c1cc(O)c(O)cc1[N+](=O)[O-])C1CCCCC1. The lowest BCUT2D eigenvalue weighted by Gasteiger charge is -2.20. The number of carbonyl (C=O) groups is 1. The molecule has 1 aliphatic rings. The first-order chi connectivity index (χ1) is 9.00. The molecule has 0 spiro atoms. The quantitative estimate of drug-likeness (QED) is 0.379. The maximum Gasteiger partial charge on any atom is 0.284 e. The fourth-order valence-electron chi connectivity index (χ4n) is 2.50. The minimum Gasteiger partial charge on any atom is -0.504 e. The van der Waals surface area contributed by atoms with Gasteiger partial charge in [-0.05, 0) is 12.8 Å². The van der Waals surface area contributed by atoms with Crippen molar-refractivity contribution >= 4 is 11.5 Å². The third-order valence-electron chi connectivity index (χ3n) is 3.53. The summed E-state index contributed by atoms with van der Waals surface area (Å²) < 4.78 is 0. The highest BCUT2D eigenvalue weighted by Crippen LogP contribution is 2.36. The van der Waals surface area contributed by atoms with Crippen LogP contribution in [0.1, 0.15) is 42.5 Å². The molecule has 1 aliphatic carbocycles. The first-order valence-electron chi connectivity index (χ1n) is 6.25. The van der Waals surface area contributed by atoms with Crippen LogP contribution in [0.25, 0.3) is 0 Å². The van der Waals surface area contributed by atoms with Gasteiger partial charge in [-0.25, -0.2) is 0 Å². The van der Waals surface area contributed by atoms with Gasteiger partial charge in [0.25, 0.3) is 5.69 Å². The van der Waals surface area contributed by atoms with Gasteiger partial charge in [-0.15, -0.1) is 0 Å². The van der Waals surface area contributed by atoms with E-state index in [0.717, 1.165) is 44.2 Å². The van der Waals surface area contributed by atoms with E-state index in [1.165, 1.54) is 0 Å². The van der Waals surface area contributed by atoms with Crippen LogP contribution in [0.5, 0.6) is 11.5 Å². The number of benzene rings is 1. The van der Waals surface area contributed by atoms with Gasteiger partial charge < -0.3 is 10.2 Å². The molecule has 0 radical (unpaired) electrons. The van der Waals surface area contributed by atoms with E-state index in [-0.39, 0.29) is 17.3 Å². The van der Waals surface area contributed by atoms with E-state index in [0.29, 0.717) is 0 Å². The van der Waals surface area contributed by atoms with Crippen LogP contribution in [-0.4, -0.2) is 20.9 Å². The van der Waals surface area contributed by atoms with Crippen LogP contribution in [0.4, 0.5) is 5.69 Å². The van der Waals surface area contributed by atoms with Crippen molar-refractivity contribution in [1.29, 1.82) is 0 Å². The first-order valence-corrected chi connectivity index (χ1v) is 6.25. The predicted octanol–water partition coefficient (Wildman–Crippen LogP) is 2.77. The summed E-state index contributed by atoms with van der Waals surface area (Å²) in [6.07, 6.45) is 4.39. The van der Waals surface area contributed by atoms with Crippen molar-refractivity contribution in [2.75, 3.05) is 0 Å². The fraction of sp³-hybridized carbons (Fsp3) is 0.462. The summed E-state index contributed by atoms with van der Waals surface area (Å²) in [7, 11) is 0. The Morgan fingerprint density at radius 2 is 1.74 bits per heavy atom. The van der Waals surface area contributed by atoms with Crippen LogP contribution in [0.2, 0.25) is 0 Å². The number of carbonyl (C=O) groups excluding carboxylic acids is 1. The molecule has 6 heteroatoms. The van der Waals surface area contributed by atoms with Crippen LogP contribution in [0, 0.1) is 16.0 Å². The number of phenolic OH excluding ortho intramolecular Hbond substituents is 2. The lowest BCUT2D eigenvalue weighted by Crippen LogP contribution is -2.18. The molecule has 0 heterocycles. The molecule has 0 aromatic heterocycles. The molecule has 0 bridgehead atoms. The molecule has 2 rings (SSSR count). The number of rotatable bonds is 3. The molecule has 0 amide bonds. The molecule has 2 N–H and O–H groups in total. The average Bonchev–Trinajstić information content (AvgIpc) is 2.41. The molecule has 0 atom stereocenters. The first kappa shape index (κ1) is 13.3. The number of hydrogen-bond donors (Lipinski definition) is 2. The molecular weight excluding hydrogens is 250 g/mol. The number of nitrogens with zero attached hydrogens (tertiary/aromatic N) is 1. The maximum atomic E-state index is 12.3. The third-order valence-corrected chi connectivity index (χ3v) is 3.53. The summed E-state index contributed by atoms with van der Waals surface area (Å²) in [4.78, 5) is 22.5. The minimum atomic E-state index is -0.713. The number of ketones is 1. The smallest absolute Gasteiger partial charge is 0.284 e. The maximum absolute atomic E-state index is 12.3. The number of hydrogen-bond acceptors (Lipinski definition) is 5. The lowest BCUT2D eigenvalue weighted by atomic mass is 9.83. The van der Waals surface area contributed by atoms with Gasteiger partial charge in [-0.2, -0.15) is 0 Å². The Morgan fingerprint density at radius 1 is 1.16 bits per heavy atom. The molecule has 1 saturated carbocycles. The van der Waals surface area contributed by atoms with Gasteiger partial charge in [0.2, 0.25) is 0 Å². The normalized spacial score (nSPS) is 16.2. The highest BCUT2D eigenvalue weighted by Gasteiger charge is 2.29. The summed E-state index contributed by atoms with van der Waals surface area (Å²) in [6.45, 7) is 0. The molecule has 1 fully saturated rings. The molecule has 102 valence electrons. The molecule has 0 unspecified atom stereocenters. The van der Waals surface area contributed by atoms with Crippen molar-refractivity contribution in [1.82, 2.24) is 0 Å². The van der Waals surface area contributed by atoms with Gasteiger partial charge in [0, 0.05) is 12.0 Å². The Bertz CT molecular complexity index is 520. The standard InChI is InChI=1S/C13H15NO5/c15-11-6-9(10(14(18)19)7-12(11)16)13(17)8-4-2-1-3-5-8/h6-8,15-16H,1-5H2. The summed E-state index contributed by atoms with van der Waals surface area (Å²) in [5, 5.41) is 29.7. The second-order valence-electron chi connectivity index (χ2n) is 4.81. The monoisotopic (exact) mass is 265 g/mol. The van der Waals surface area contributed by atoms with Crippen molar-refractivity contribution in [3.63, 3.8) is 0 Å². The van der Waals surface area contributed by atoms with Crippen LogP contribution >= 0.6 is 0 Å². The third kappa shape index (κ3) is 2.67. The van der Waals surface area contributed by atoms with Gasteiger partial charge in [0.1, 0.15) is 0 Å². The van der Waals surface area contributed by atoms with E-state index in [9.17, 15) is 25.1 Å². The zero-order chi connectivity index (χ0) is 14.0. The van der Waals surface area contributed by atoms with Gasteiger partial charge in [-0.1, -0.05) is 19.3 Å². The number of nitro groups is 1. The van der Waals surface area contributed by atoms with Crippen LogP contribution in [-0.2, 0) is 0 Å². The van der Waals surface area contributed by atoms with Crippen LogP contribution in [0.3, 0.4) is 0 Å². The average molecular weight is 265 g/mol. The Kier molecular flexibility index (Phi) is 3.69. The van der Waals surface area contributed by atoms with Crippen molar-refractivity contribution in [3.05, 3.63) is 27.8 Å². The van der Waals surface area contributed by atoms with Gasteiger partial charge >= 0.3 is 0 Å². The van der Waals surface area contributed by atoms with E-state index in [1.807, 2.05) is 0 Å². The van der Waals surface area contributed by atoms with E-state index in [2.05, 4.69) is 0 Å². The Balaban J connectivity index is 2.39. The molecule has 0 saturated heterocycles.